The molecule has 0 radical (unpaired) electrons. The molecule has 0 aromatic heterocycles. The molecule has 0 heterocycles. The number of hydrogen-bond donors (Lipinski definition) is 6. The van der Waals surface area contributed by atoms with Gasteiger partial charge in [-0.15, -0.1) is 0 Å². The van der Waals surface area contributed by atoms with E-state index in [4.69, 9.17) is 5.73 Å². The normalized spacial score (nSPS) is 18.8. The molecule has 0 bridgehead atoms. The smallest absolute Gasteiger partial charge is 0.328 e. The van der Waals surface area contributed by atoms with Crippen LogP contribution < -0.4 is 21.7 Å². The molecule has 186 valence electrons. The Balaban J connectivity index is 5.65. The third-order valence-corrected chi connectivity index (χ3v) is 6.19. The number of nitrogens with one attached hydrogen (secondary N) is 3. The Kier molecular flexibility index (Phi) is 13.1. The van der Waals surface area contributed by atoms with Crippen molar-refractivity contribution in [3.63, 3.8) is 0 Å². The number of aliphatic hydroxyl groups excluding tert-OH is 1. The number of carboxylic acids is 1. The van der Waals surface area contributed by atoms with E-state index in [1.807, 2.05) is 34.6 Å². The first-order valence-electron chi connectivity index (χ1n) is 11.4. The Morgan fingerprint density at radius 1 is 0.688 bits per heavy atom. The Morgan fingerprint density at radius 2 is 1.03 bits per heavy atom. The van der Waals surface area contributed by atoms with Crippen molar-refractivity contribution in [2.24, 2.45) is 23.5 Å². The highest BCUT2D eigenvalue weighted by molar-refractivity contribution is 5.94. The van der Waals surface area contributed by atoms with Crippen LogP contribution in [0.2, 0.25) is 0 Å². The predicted molar refractivity (Wildman–Crippen MR) is 121 cm³/mol. The molecule has 0 saturated carbocycles. The summed E-state index contributed by atoms with van der Waals surface area (Å²) in [7, 11) is 0. The summed E-state index contributed by atoms with van der Waals surface area (Å²) < 4.78 is 0. The lowest BCUT2D eigenvalue weighted by atomic mass is 9.93. The van der Waals surface area contributed by atoms with Crippen LogP contribution in [0.25, 0.3) is 0 Å². The number of carboxylic acid groups (broad SMARTS) is 1. The van der Waals surface area contributed by atoms with Crippen molar-refractivity contribution in [3.05, 3.63) is 0 Å². The largest absolute Gasteiger partial charge is 0.480 e. The average molecular weight is 459 g/mol. The molecule has 0 spiro atoms. The fourth-order valence-corrected chi connectivity index (χ4v) is 3.04. The van der Waals surface area contributed by atoms with E-state index >= 15 is 0 Å². The van der Waals surface area contributed by atoms with Gasteiger partial charge in [-0.3, -0.25) is 14.4 Å². The third kappa shape index (κ3) is 8.74. The van der Waals surface area contributed by atoms with Gasteiger partial charge in [0.05, 0.1) is 12.1 Å². The summed E-state index contributed by atoms with van der Waals surface area (Å²) in [5.74, 6) is -3.70. The summed E-state index contributed by atoms with van der Waals surface area (Å²) in [6.45, 7) is 12.3. The first kappa shape index (κ1) is 29.8. The van der Waals surface area contributed by atoms with Gasteiger partial charge in [-0.2, -0.15) is 0 Å². The maximum atomic E-state index is 13.1. The highest BCUT2D eigenvalue weighted by Gasteiger charge is 2.35. The van der Waals surface area contributed by atoms with Crippen molar-refractivity contribution >= 4 is 23.7 Å². The summed E-state index contributed by atoms with van der Waals surface area (Å²) in [6, 6.07) is -4.23. The summed E-state index contributed by atoms with van der Waals surface area (Å²) in [5.41, 5.74) is 6.00. The second-order valence-corrected chi connectivity index (χ2v) is 8.72. The second-order valence-electron chi connectivity index (χ2n) is 8.72. The van der Waals surface area contributed by atoms with Gasteiger partial charge in [-0.1, -0.05) is 60.8 Å². The number of carbonyl (C=O) groups excluding carboxylic acids is 3. The van der Waals surface area contributed by atoms with Crippen LogP contribution in [-0.2, 0) is 19.2 Å². The van der Waals surface area contributed by atoms with Crippen LogP contribution in [0.4, 0.5) is 0 Å². The summed E-state index contributed by atoms with van der Waals surface area (Å²) in [4.78, 5) is 49.9. The van der Waals surface area contributed by atoms with Crippen LogP contribution >= 0.6 is 0 Å². The molecule has 0 fully saturated rings. The van der Waals surface area contributed by atoms with Crippen molar-refractivity contribution in [2.45, 2.75) is 98.0 Å². The molecule has 0 aliphatic carbocycles. The molecule has 0 aliphatic rings. The summed E-state index contributed by atoms with van der Waals surface area (Å²) in [5, 5.41) is 26.6. The van der Waals surface area contributed by atoms with Gasteiger partial charge in [0.15, 0.2) is 6.04 Å². The number of rotatable bonds is 14. The lowest BCUT2D eigenvalue weighted by molar-refractivity contribution is -0.145. The molecule has 3 amide bonds. The standard InChI is InChI=1S/C22H42N4O6/c1-8-11(4)15(23)19(28)24-16(12(5)9-2)20(29)25-17(13(6)10-3)21(30)26-18(14(7)27)22(31)32/h11-18,27H,8-10,23H2,1-7H3,(H,24,28)(H,25,29)(H,26,30)(H,31,32). The molecule has 0 saturated heterocycles. The maximum absolute atomic E-state index is 13.1. The lowest BCUT2D eigenvalue weighted by Gasteiger charge is -2.30. The van der Waals surface area contributed by atoms with Crippen molar-refractivity contribution in [3.8, 4) is 0 Å². The number of aliphatic carboxylic acids is 1. The Labute approximate surface area is 191 Å². The maximum Gasteiger partial charge on any atom is 0.328 e. The molecule has 10 heteroatoms. The van der Waals surface area contributed by atoms with Crippen LogP contribution in [0.15, 0.2) is 0 Å². The van der Waals surface area contributed by atoms with Crippen LogP contribution in [0.3, 0.4) is 0 Å². The molecule has 7 N–H and O–H groups in total. The molecule has 0 aromatic rings. The number of carbonyl (C=O) groups is 4. The zero-order valence-electron chi connectivity index (χ0n) is 20.3. The van der Waals surface area contributed by atoms with E-state index in [0.29, 0.717) is 19.3 Å². The molecule has 8 unspecified atom stereocenters. The van der Waals surface area contributed by atoms with Crippen LogP contribution in [0.1, 0.15) is 67.7 Å². The topological polar surface area (TPSA) is 171 Å². The predicted octanol–water partition coefficient (Wildman–Crippen LogP) is 0.372. The summed E-state index contributed by atoms with van der Waals surface area (Å²) >= 11 is 0. The average Bonchev–Trinajstić information content (AvgIpc) is 2.75. The molecule has 0 rings (SSSR count). The van der Waals surface area contributed by atoms with Crippen LogP contribution in [0.5, 0.6) is 0 Å². The number of aliphatic hydroxyl groups is 1. The van der Waals surface area contributed by atoms with Gasteiger partial charge in [0.2, 0.25) is 17.7 Å². The quantitative estimate of drug-likeness (QED) is 0.218. The van der Waals surface area contributed by atoms with Crippen LogP contribution in [0, 0.1) is 17.8 Å². The van der Waals surface area contributed by atoms with E-state index in [9.17, 15) is 29.4 Å². The monoisotopic (exact) mass is 458 g/mol. The fraction of sp³-hybridized carbons (Fsp3) is 0.818. The van der Waals surface area contributed by atoms with Crippen molar-refractivity contribution in [2.75, 3.05) is 0 Å². The molecule has 0 aromatic carbocycles. The molecular weight excluding hydrogens is 416 g/mol. The molecular formula is C22H42N4O6. The number of amides is 3. The third-order valence-electron chi connectivity index (χ3n) is 6.19. The fourth-order valence-electron chi connectivity index (χ4n) is 3.04. The zero-order valence-corrected chi connectivity index (χ0v) is 20.3. The SMILES string of the molecule is CCC(C)C(N)C(=O)NC(C(=O)NC(C(=O)NC(C(=O)O)C(C)O)C(C)CC)C(C)CC. The first-order valence-corrected chi connectivity index (χ1v) is 11.4. The number of nitrogens with two attached hydrogens (primary N) is 1. The number of hydrogen-bond acceptors (Lipinski definition) is 6. The molecule has 8 atom stereocenters. The zero-order chi connectivity index (χ0) is 25.2. The highest BCUT2D eigenvalue weighted by atomic mass is 16.4. The highest BCUT2D eigenvalue weighted by Crippen LogP contribution is 2.14. The van der Waals surface area contributed by atoms with Crippen LogP contribution in [-0.4, -0.2) is 64.2 Å². The van der Waals surface area contributed by atoms with Gasteiger partial charge in [-0.05, 0) is 24.7 Å². The van der Waals surface area contributed by atoms with Gasteiger partial charge < -0.3 is 31.9 Å². The van der Waals surface area contributed by atoms with Crippen molar-refractivity contribution in [1.82, 2.24) is 16.0 Å². The van der Waals surface area contributed by atoms with E-state index in [-0.39, 0.29) is 17.8 Å². The Bertz CT molecular complexity index is 642. The van der Waals surface area contributed by atoms with Gasteiger partial charge >= 0.3 is 5.97 Å². The van der Waals surface area contributed by atoms with Gasteiger partial charge in [0, 0.05) is 0 Å². The van der Waals surface area contributed by atoms with Crippen molar-refractivity contribution < 1.29 is 29.4 Å². The van der Waals surface area contributed by atoms with E-state index in [1.54, 1.807) is 6.92 Å². The minimum atomic E-state index is -1.51. The first-order chi connectivity index (χ1) is 14.8. The lowest BCUT2D eigenvalue weighted by Crippen LogP contribution is -2.61. The minimum absolute atomic E-state index is 0.0669. The Hall–Kier alpha value is -2.20. The molecule has 32 heavy (non-hydrogen) atoms. The van der Waals surface area contributed by atoms with Gasteiger partial charge in [-0.25, -0.2) is 4.79 Å². The summed E-state index contributed by atoms with van der Waals surface area (Å²) in [6.07, 6.45) is 0.516. The van der Waals surface area contributed by atoms with E-state index in [1.165, 1.54) is 6.92 Å². The molecule has 0 aliphatic heterocycles. The van der Waals surface area contributed by atoms with Gasteiger partial charge in [0.1, 0.15) is 12.1 Å². The Morgan fingerprint density at radius 3 is 1.34 bits per heavy atom. The molecule has 10 nitrogen and oxygen atoms in total. The van der Waals surface area contributed by atoms with E-state index in [0.717, 1.165) is 0 Å². The second kappa shape index (κ2) is 14.1. The van der Waals surface area contributed by atoms with Gasteiger partial charge in [0.25, 0.3) is 0 Å². The van der Waals surface area contributed by atoms with Crippen molar-refractivity contribution in [1.29, 1.82) is 0 Å². The van der Waals surface area contributed by atoms with E-state index in [2.05, 4.69) is 16.0 Å². The minimum Gasteiger partial charge on any atom is -0.480 e. The van der Waals surface area contributed by atoms with E-state index < -0.39 is 54.0 Å².